The second-order valence-electron chi connectivity index (χ2n) is 15.5. The molecule has 15 heteroatoms. The summed E-state index contributed by atoms with van der Waals surface area (Å²) in [7, 11) is 4.54. The van der Waals surface area contributed by atoms with Gasteiger partial charge in [0.05, 0.1) is 4.90 Å². The fourth-order valence-electron chi connectivity index (χ4n) is 6.89. The smallest absolute Gasteiger partial charge is 0.261 e. The average Bonchev–Trinajstić information content (AvgIpc) is 3.35. The first-order valence-corrected chi connectivity index (χ1v) is 24.5. The topological polar surface area (TPSA) is 133 Å². The largest absolute Gasteiger partial charge is 0.329 e. The van der Waals surface area contributed by atoms with Crippen LogP contribution in [-0.2, 0) is 37.2 Å². The van der Waals surface area contributed by atoms with Crippen molar-refractivity contribution >= 4 is 66.5 Å². The van der Waals surface area contributed by atoms with Crippen LogP contribution in [0.3, 0.4) is 0 Å². The number of carbonyl (C=O) groups excluding carboxylic acids is 4. The fourth-order valence-corrected chi connectivity index (χ4v) is 8.51. The van der Waals surface area contributed by atoms with Crippen molar-refractivity contribution < 1.29 is 36.4 Å². The molecule has 0 aromatic heterocycles. The summed E-state index contributed by atoms with van der Waals surface area (Å²) in [4.78, 5) is 56.3. The van der Waals surface area contributed by atoms with Crippen LogP contribution in [0.4, 0.5) is 20.2 Å². The molecule has 0 saturated carbocycles. The zero-order valence-electron chi connectivity index (χ0n) is 37.0. The van der Waals surface area contributed by atoms with Crippen LogP contribution in [-0.4, -0.2) is 68.0 Å². The van der Waals surface area contributed by atoms with Gasteiger partial charge >= 0.3 is 0 Å². The molecule has 0 aliphatic carbocycles. The number of likely N-dealkylation sites (N-methyl/N-ethyl adjacent to an activating group) is 2. The predicted molar refractivity (Wildman–Crippen MR) is 264 cm³/mol. The van der Waals surface area contributed by atoms with Gasteiger partial charge in [-0.1, -0.05) is 91.0 Å². The van der Waals surface area contributed by atoms with Gasteiger partial charge in [-0.05, 0) is 114 Å². The summed E-state index contributed by atoms with van der Waals surface area (Å²) in [6, 6.07) is 50.8. The van der Waals surface area contributed by atoms with Crippen LogP contribution in [0.2, 0.25) is 0 Å². The number of nitrogens with zero attached hydrogens (tertiary/aromatic N) is 2. The van der Waals surface area contributed by atoms with E-state index in [4.69, 9.17) is 10.7 Å². The Morgan fingerprint density at radius 1 is 0.515 bits per heavy atom. The maximum absolute atomic E-state index is 13.4. The Balaban J connectivity index is 0.000000226. The van der Waals surface area contributed by atoms with Crippen LogP contribution in [0, 0.1) is 11.6 Å². The minimum atomic E-state index is -3.88. The van der Waals surface area contributed by atoms with Gasteiger partial charge in [-0.3, -0.25) is 19.2 Å². The molecule has 0 fully saturated rings. The Hall–Kier alpha value is -7.13. The lowest BCUT2D eigenvalue weighted by Gasteiger charge is -2.28. The molecule has 0 unspecified atom stereocenters. The summed E-state index contributed by atoms with van der Waals surface area (Å²) >= 11 is 1.72. The van der Waals surface area contributed by atoms with Crippen molar-refractivity contribution in [3.8, 4) is 0 Å². The minimum Gasteiger partial charge on any atom is -0.329 e. The van der Waals surface area contributed by atoms with E-state index >= 15 is 0 Å². The molecule has 7 aromatic rings. The number of rotatable bonds is 16. The molecule has 0 heterocycles. The highest BCUT2D eigenvalue weighted by molar-refractivity contribution is 8.13. The molecule has 7 rings (SSSR count). The van der Waals surface area contributed by atoms with E-state index in [1.807, 2.05) is 103 Å². The molecular formula is C53H47ClF2N4O6S2. The lowest BCUT2D eigenvalue weighted by molar-refractivity contribution is -0.120. The molecule has 68 heavy (non-hydrogen) atoms. The lowest BCUT2D eigenvalue weighted by Crippen LogP contribution is -2.46. The van der Waals surface area contributed by atoms with Crippen LogP contribution in [0.1, 0.15) is 37.4 Å². The van der Waals surface area contributed by atoms with Gasteiger partial charge in [-0.15, -0.1) is 11.8 Å². The van der Waals surface area contributed by atoms with Gasteiger partial charge in [0.2, 0.25) is 11.8 Å². The third-order valence-electron chi connectivity index (χ3n) is 10.7. The zero-order valence-corrected chi connectivity index (χ0v) is 39.4. The van der Waals surface area contributed by atoms with Gasteiger partial charge in [0, 0.05) is 70.8 Å². The number of hydrogen-bond acceptors (Lipinski definition) is 7. The van der Waals surface area contributed by atoms with Gasteiger partial charge in [-0.2, -0.15) is 0 Å². The van der Waals surface area contributed by atoms with E-state index < -0.39 is 44.6 Å². The second kappa shape index (κ2) is 24.1. The SMILES string of the molecule is CN(C(=O)c1ccc(F)cc1)[C@@H](Cc1ccccc1)C(=O)Nc1ccc(S(=O)(=O)Cl)cc1.CN(C(=O)c1ccc(F)cc1)[C@@H](Cc1ccccc1)C(=O)Nc1ccc(SCc2ccccc2)cc1. The standard InChI is InChI=1S/C30H27FN2O2S.C23H20ClFN2O4S/c1-33(30(35)24-12-14-25(31)15-13-24)28(20-22-8-4-2-5-9-22)29(34)32-26-16-18-27(19-17-26)36-21-23-10-6-3-7-11-23;1-27(23(29)17-7-9-18(25)10-8-17)21(15-16-5-3-2-4-6-16)22(28)26-19-11-13-20(14-12-19)32(24,30)31/h2-19,28H,20-21H2,1H3,(H,32,34);2-14,21H,15H2,1H3,(H,26,28)/t28-;21-/m00/s1. The van der Waals surface area contributed by atoms with E-state index in [1.165, 1.54) is 95.2 Å². The Bertz CT molecular complexity index is 2880. The van der Waals surface area contributed by atoms with Crippen LogP contribution in [0.15, 0.2) is 198 Å². The van der Waals surface area contributed by atoms with Crippen LogP contribution >= 0.6 is 22.4 Å². The predicted octanol–water partition coefficient (Wildman–Crippen LogP) is 10.5. The van der Waals surface area contributed by atoms with Crippen molar-refractivity contribution in [1.82, 2.24) is 9.80 Å². The van der Waals surface area contributed by atoms with Crippen LogP contribution < -0.4 is 10.6 Å². The zero-order chi connectivity index (χ0) is 48.6. The lowest BCUT2D eigenvalue weighted by atomic mass is 10.0. The van der Waals surface area contributed by atoms with Crippen molar-refractivity contribution in [3.63, 3.8) is 0 Å². The number of amides is 4. The maximum atomic E-state index is 13.4. The van der Waals surface area contributed by atoms with E-state index in [9.17, 15) is 36.4 Å². The molecule has 0 bridgehead atoms. The Labute approximate surface area is 403 Å². The number of thioether (sulfide) groups is 1. The Morgan fingerprint density at radius 2 is 0.868 bits per heavy atom. The van der Waals surface area contributed by atoms with Crippen molar-refractivity contribution in [3.05, 3.63) is 228 Å². The number of hydrogen-bond donors (Lipinski definition) is 2. The molecular weight excluding hydrogens is 926 g/mol. The van der Waals surface area contributed by atoms with Crippen LogP contribution in [0.5, 0.6) is 0 Å². The van der Waals surface area contributed by atoms with E-state index in [0.717, 1.165) is 21.8 Å². The molecule has 0 radical (unpaired) electrons. The summed E-state index contributed by atoms with van der Waals surface area (Å²) in [5, 5.41) is 5.66. The first-order valence-electron chi connectivity index (χ1n) is 21.2. The van der Waals surface area contributed by atoms with Crippen molar-refractivity contribution in [2.45, 2.75) is 40.5 Å². The summed E-state index contributed by atoms with van der Waals surface area (Å²) in [6.07, 6.45) is 0.589. The highest BCUT2D eigenvalue weighted by atomic mass is 35.7. The van der Waals surface area contributed by atoms with Gasteiger partial charge in [0.15, 0.2) is 0 Å². The van der Waals surface area contributed by atoms with Gasteiger partial charge in [0.1, 0.15) is 23.7 Å². The quantitative estimate of drug-likeness (QED) is 0.0728. The van der Waals surface area contributed by atoms with E-state index in [0.29, 0.717) is 23.4 Å². The summed E-state index contributed by atoms with van der Waals surface area (Å²) in [5.41, 5.74) is 4.60. The highest BCUT2D eigenvalue weighted by Crippen LogP contribution is 2.25. The monoisotopic (exact) mass is 972 g/mol. The molecule has 4 amide bonds. The summed E-state index contributed by atoms with van der Waals surface area (Å²) in [5.74, 6) is -1.57. The number of benzene rings is 7. The fraction of sp³-hybridized carbons (Fsp3) is 0.132. The van der Waals surface area contributed by atoms with Gasteiger partial charge in [0.25, 0.3) is 20.9 Å². The van der Waals surface area contributed by atoms with E-state index in [2.05, 4.69) is 22.8 Å². The van der Waals surface area contributed by atoms with Gasteiger partial charge in [-0.25, -0.2) is 17.2 Å². The van der Waals surface area contributed by atoms with E-state index in [-0.39, 0.29) is 28.7 Å². The Morgan fingerprint density at radius 3 is 1.24 bits per heavy atom. The first-order chi connectivity index (χ1) is 32.6. The summed E-state index contributed by atoms with van der Waals surface area (Å²) in [6.45, 7) is 0. The normalized spacial score (nSPS) is 11.8. The van der Waals surface area contributed by atoms with E-state index in [1.54, 1.807) is 18.8 Å². The molecule has 0 saturated heterocycles. The molecule has 2 atom stereocenters. The second-order valence-corrected chi connectivity index (χ2v) is 19.1. The molecule has 10 nitrogen and oxygen atoms in total. The number of halogens is 3. The van der Waals surface area contributed by atoms with Crippen molar-refractivity contribution in [2.24, 2.45) is 0 Å². The van der Waals surface area contributed by atoms with Crippen molar-refractivity contribution in [2.75, 3.05) is 24.7 Å². The molecule has 0 spiro atoms. The Kier molecular flexibility index (Phi) is 17.8. The first kappa shape index (κ1) is 50.3. The number of nitrogens with one attached hydrogen (secondary N) is 2. The van der Waals surface area contributed by atoms with Crippen molar-refractivity contribution in [1.29, 1.82) is 0 Å². The third-order valence-corrected chi connectivity index (χ3v) is 13.1. The third kappa shape index (κ3) is 14.7. The molecule has 7 aromatic carbocycles. The number of anilines is 2. The van der Waals surface area contributed by atoms with Gasteiger partial charge < -0.3 is 20.4 Å². The summed E-state index contributed by atoms with van der Waals surface area (Å²) < 4.78 is 49.4. The molecule has 2 N–H and O–H groups in total. The molecule has 0 aliphatic heterocycles. The van der Waals surface area contributed by atoms with Crippen LogP contribution in [0.25, 0.3) is 0 Å². The minimum absolute atomic E-state index is 0.0957. The average molecular weight is 974 g/mol. The highest BCUT2D eigenvalue weighted by Gasteiger charge is 2.30. The maximum Gasteiger partial charge on any atom is 0.261 e. The molecule has 0 aliphatic rings. The number of carbonyl (C=O) groups is 4. The molecule has 348 valence electrons.